The van der Waals surface area contributed by atoms with Crippen molar-refractivity contribution in [3.63, 3.8) is 0 Å². The van der Waals surface area contributed by atoms with Crippen molar-refractivity contribution in [1.29, 1.82) is 0 Å². The van der Waals surface area contributed by atoms with Gasteiger partial charge in [0.2, 0.25) is 5.88 Å². The van der Waals surface area contributed by atoms with Gasteiger partial charge in [-0.1, -0.05) is 6.07 Å². The molecule has 1 N–H and O–H groups in total. The quantitative estimate of drug-likeness (QED) is 0.495. The largest absolute Gasteiger partial charge is 0.478 e. The Labute approximate surface area is 158 Å². The zero-order valence-corrected chi connectivity index (χ0v) is 14.4. The van der Waals surface area contributed by atoms with Gasteiger partial charge in [-0.2, -0.15) is 0 Å². The van der Waals surface area contributed by atoms with Gasteiger partial charge >= 0.3 is 5.97 Å². The lowest BCUT2D eigenvalue weighted by Gasteiger charge is -2.12. The van der Waals surface area contributed by atoms with Crippen LogP contribution in [0.4, 0.5) is 0 Å². The smallest absolute Gasteiger partial charge is 0.336 e. The molecule has 136 valence electrons. The summed E-state index contributed by atoms with van der Waals surface area (Å²) in [6.45, 7) is 0. The molecular weight excluding hydrogens is 358 g/mol. The van der Waals surface area contributed by atoms with Gasteiger partial charge in [-0.15, -0.1) is 0 Å². The number of hydrogen-bond acceptors (Lipinski definition) is 5. The van der Waals surface area contributed by atoms with Crippen LogP contribution in [0.3, 0.4) is 0 Å². The van der Waals surface area contributed by atoms with Gasteiger partial charge in [0.1, 0.15) is 17.0 Å². The minimum Gasteiger partial charge on any atom is -0.478 e. The SMILES string of the molecule is O=C(O)c1cc(Oc2nccc3occc23)ccc1-c1cccc2nccn12. The Balaban J connectivity index is 1.61. The Kier molecular flexibility index (Phi) is 3.58. The second-order valence-corrected chi connectivity index (χ2v) is 6.13. The molecule has 4 heterocycles. The third-order valence-electron chi connectivity index (χ3n) is 4.48. The van der Waals surface area contributed by atoms with Gasteiger partial charge in [-0.05, 0) is 42.5 Å². The van der Waals surface area contributed by atoms with E-state index in [1.807, 2.05) is 22.6 Å². The highest BCUT2D eigenvalue weighted by Crippen LogP contribution is 2.32. The van der Waals surface area contributed by atoms with E-state index >= 15 is 0 Å². The summed E-state index contributed by atoms with van der Waals surface area (Å²) in [6.07, 6.45) is 6.60. The van der Waals surface area contributed by atoms with Gasteiger partial charge in [0.05, 0.1) is 22.9 Å². The van der Waals surface area contributed by atoms with Crippen molar-refractivity contribution >= 4 is 22.6 Å². The lowest BCUT2D eigenvalue weighted by Crippen LogP contribution is -2.02. The molecule has 1 aromatic carbocycles. The molecule has 0 saturated heterocycles. The van der Waals surface area contributed by atoms with Crippen molar-refractivity contribution in [3.05, 3.63) is 78.9 Å². The Morgan fingerprint density at radius 2 is 2.00 bits per heavy atom. The summed E-state index contributed by atoms with van der Waals surface area (Å²) in [4.78, 5) is 20.4. The number of ether oxygens (including phenoxy) is 1. The lowest BCUT2D eigenvalue weighted by molar-refractivity contribution is 0.0697. The topological polar surface area (TPSA) is 89.9 Å². The molecule has 0 radical (unpaired) electrons. The second-order valence-electron chi connectivity index (χ2n) is 6.13. The number of carbonyl (C=O) groups is 1. The van der Waals surface area contributed by atoms with E-state index in [1.54, 1.807) is 49.1 Å². The first-order valence-electron chi connectivity index (χ1n) is 8.50. The Hall–Kier alpha value is -4.13. The number of fused-ring (bicyclic) bond motifs is 2. The summed E-state index contributed by atoms with van der Waals surface area (Å²) in [7, 11) is 0. The number of pyridine rings is 2. The first kappa shape index (κ1) is 16.1. The Morgan fingerprint density at radius 3 is 2.89 bits per heavy atom. The molecule has 0 bridgehead atoms. The number of rotatable bonds is 4. The molecule has 0 spiro atoms. The van der Waals surface area contributed by atoms with Gasteiger partial charge < -0.3 is 14.3 Å². The molecule has 0 aliphatic heterocycles. The number of aromatic nitrogens is 3. The molecule has 0 aliphatic carbocycles. The lowest BCUT2D eigenvalue weighted by atomic mass is 10.0. The standard InChI is InChI=1S/C21H13N3O4/c25-21(26)16-12-13(28-20-15-7-11-27-18(15)6-8-23-20)4-5-14(16)17-2-1-3-19-22-9-10-24(17)19/h1-12H,(H,25,26). The zero-order valence-electron chi connectivity index (χ0n) is 14.4. The van der Waals surface area contributed by atoms with Crippen LogP contribution in [0, 0.1) is 0 Å². The van der Waals surface area contributed by atoms with Crippen LogP contribution in [0.15, 0.2) is 77.8 Å². The maximum absolute atomic E-state index is 11.9. The van der Waals surface area contributed by atoms with E-state index < -0.39 is 5.97 Å². The van der Waals surface area contributed by atoms with Gasteiger partial charge in [0, 0.05) is 24.2 Å². The number of carboxylic acid groups (broad SMARTS) is 1. The van der Waals surface area contributed by atoms with Crippen LogP contribution >= 0.6 is 0 Å². The molecule has 4 aromatic heterocycles. The fraction of sp³-hybridized carbons (Fsp3) is 0. The predicted octanol–water partition coefficient (Wildman–Crippen LogP) is 4.63. The van der Waals surface area contributed by atoms with Crippen LogP contribution in [-0.2, 0) is 0 Å². The monoisotopic (exact) mass is 371 g/mol. The highest BCUT2D eigenvalue weighted by atomic mass is 16.5. The number of carboxylic acids is 1. The Bertz CT molecular complexity index is 1340. The number of hydrogen-bond donors (Lipinski definition) is 1. The highest BCUT2D eigenvalue weighted by Gasteiger charge is 2.17. The van der Waals surface area contributed by atoms with Crippen molar-refractivity contribution in [2.24, 2.45) is 0 Å². The number of benzene rings is 1. The van der Waals surface area contributed by atoms with E-state index in [4.69, 9.17) is 9.15 Å². The summed E-state index contributed by atoms with van der Waals surface area (Å²) < 4.78 is 13.0. The van der Waals surface area contributed by atoms with E-state index in [-0.39, 0.29) is 5.56 Å². The van der Waals surface area contributed by atoms with Crippen molar-refractivity contribution < 1.29 is 19.1 Å². The van der Waals surface area contributed by atoms with Gasteiger partial charge in [0.15, 0.2) is 0 Å². The van der Waals surface area contributed by atoms with E-state index in [0.29, 0.717) is 28.2 Å². The van der Waals surface area contributed by atoms with Crippen LogP contribution < -0.4 is 4.74 Å². The first-order chi connectivity index (χ1) is 13.7. The van der Waals surface area contributed by atoms with Gasteiger partial charge in [-0.25, -0.2) is 14.8 Å². The van der Waals surface area contributed by atoms with E-state index in [9.17, 15) is 9.90 Å². The molecule has 5 aromatic rings. The van der Waals surface area contributed by atoms with Crippen molar-refractivity contribution in [2.75, 3.05) is 0 Å². The molecule has 0 atom stereocenters. The number of imidazole rings is 1. The van der Waals surface area contributed by atoms with E-state index in [2.05, 4.69) is 9.97 Å². The first-order valence-corrected chi connectivity index (χ1v) is 8.50. The van der Waals surface area contributed by atoms with E-state index in [1.165, 1.54) is 6.07 Å². The van der Waals surface area contributed by atoms with Crippen molar-refractivity contribution in [1.82, 2.24) is 14.4 Å². The van der Waals surface area contributed by atoms with Gasteiger partial charge in [0.25, 0.3) is 0 Å². The Morgan fingerprint density at radius 1 is 1.07 bits per heavy atom. The molecule has 5 rings (SSSR count). The minimum atomic E-state index is -1.05. The van der Waals surface area contributed by atoms with Crippen LogP contribution in [0.1, 0.15) is 10.4 Å². The van der Waals surface area contributed by atoms with Crippen LogP contribution in [0.5, 0.6) is 11.6 Å². The second kappa shape index (κ2) is 6.24. The third-order valence-corrected chi connectivity index (χ3v) is 4.48. The van der Waals surface area contributed by atoms with Crippen LogP contribution in [-0.4, -0.2) is 25.4 Å². The molecule has 0 fully saturated rings. The maximum Gasteiger partial charge on any atom is 0.336 e. The molecular formula is C21H13N3O4. The van der Waals surface area contributed by atoms with Crippen molar-refractivity contribution in [3.8, 4) is 22.9 Å². The maximum atomic E-state index is 11.9. The normalized spacial score (nSPS) is 11.1. The zero-order chi connectivity index (χ0) is 19.1. The molecule has 28 heavy (non-hydrogen) atoms. The van der Waals surface area contributed by atoms with E-state index in [0.717, 1.165) is 11.3 Å². The molecule has 7 nitrogen and oxygen atoms in total. The summed E-state index contributed by atoms with van der Waals surface area (Å²) in [6, 6.07) is 14.0. The minimum absolute atomic E-state index is 0.123. The molecule has 0 aliphatic rings. The summed E-state index contributed by atoms with van der Waals surface area (Å²) in [5, 5.41) is 10.5. The van der Waals surface area contributed by atoms with Crippen molar-refractivity contribution in [2.45, 2.75) is 0 Å². The number of furan rings is 1. The fourth-order valence-electron chi connectivity index (χ4n) is 3.22. The molecule has 0 unspecified atom stereocenters. The van der Waals surface area contributed by atoms with Crippen LogP contribution in [0.25, 0.3) is 27.9 Å². The summed E-state index contributed by atoms with van der Waals surface area (Å²) >= 11 is 0. The van der Waals surface area contributed by atoms with Crippen LogP contribution in [0.2, 0.25) is 0 Å². The molecule has 0 amide bonds. The fourth-order valence-corrected chi connectivity index (χ4v) is 3.22. The molecule has 0 saturated carbocycles. The number of aromatic carboxylic acids is 1. The third kappa shape index (κ3) is 2.57. The predicted molar refractivity (Wildman–Crippen MR) is 102 cm³/mol. The summed E-state index contributed by atoms with van der Waals surface area (Å²) in [5.41, 5.74) is 2.81. The summed E-state index contributed by atoms with van der Waals surface area (Å²) in [5.74, 6) is -0.320. The van der Waals surface area contributed by atoms with Gasteiger partial charge in [-0.3, -0.25) is 4.40 Å². The average molecular weight is 371 g/mol. The average Bonchev–Trinajstić information content (AvgIpc) is 3.37. The highest BCUT2D eigenvalue weighted by molar-refractivity contribution is 5.96. The molecule has 7 heteroatoms. The number of nitrogens with zero attached hydrogens (tertiary/aromatic N) is 3.